The Bertz CT molecular complexity index is 1010. The van der Waals surface area contributed by atoms with Gasteiger partial charge in [0.25, 0.3) is 21.6 Å². The maximum Gasteiger partial charge on any atom is 0.272 e. The summed E-state index contributed by atoms with van der Waals surface area (Å²) in [6.45, 7) is 1.50. The molecule has 0 aliphatic heterocycles. The van der Waals surface area contributed by atoms with Crippen molar-refractivity contribution >= 4 is 54.9 Å². The molecule has 0 bridgehead atoms. The van der Waals surface area contributed by atoms with Gasteiger partial charge in [0.15, 0.2) is 5.11 Å². The zero-order chi connectivity index (χ0) is 20.2. The number of carbonyl (C=O) groups excluding carboxylic acids is 1. The lowest BCUT2D eigenvalue weighted by Crippen LogP contribution is -2.48. The quantitative estimate of drug-likeness (QED) is 0.345. The molecule has 0 unspecified atom stereocenters. The van der Waals surface area contributed by atoms with Crippen LogP contribution in [0.1, 0.15) is 15.9 Å². The number of amides is 1. The third-order valence-electron chi connectivity index (χ3n) is 3.31. The monoisotopic (exact) mass is 472 g/mol. The van der Waals surface area contributed by atoms with Gasteiger partial charge in [-0.15, -0.1) is 4.83 Å². The minimum absolute atomic E-state index is 0.00156. The number of halogens is 1. The normalized spacial score (nSPS) is 10.9. The van der Waals surface area contributed by atoms with E-state index < -0.39 is 20.9 Å². The molecule has 0 aliphatic rings. The number of thiocarbonyl (C=S) groups is 1. The lowest BCUT2D eigenvalue weighted by molar-refractivity contribution is -0.385. The van der Waals surface area contributed by atoms with Crippen LogP contribution in [0.25, 0.3) is 0 Å². The van der Waals surface area contributed by atoms with Crippen molar-refractivity contribution in [1.29, 1.82) is 0 Å². The lowest BCUT2D eigenvalue weighted by Gasteiger charge is -2.11. The van der Waals surface area contributed by atoms with Gasteiger partial charge in [0, 0.05) is 21.7 Å². The van der Waals surface area contributed by atoms with Gasteiger partial charge in [-0.3, -0.25) is 25.7 Å². The highest BCUT2D eigenvalue weighted by Gasteiger charge is 2.17. The first-order chi connectivity index (χ1) is 12.6. The van der Waals surface area contributed by atoms with E-state index in [-0.39, 0.29) is 21.3 Å². The number of rotatable bonds is 5. The van der Waals surface area contributed by atoms with E-state index in [1.54, 1.807) is 12.1 Å². The van der Waals surface area contributed by atoms with Gasteiger partial charge >= 0.3 is 0 Å². The molecule has 0 aromatic heterocycles. The van der Waals surface area contributed by atoms with Crippen molar-refractivity contribution in [1.82, 2.24) is 15.6 Å². The second-order valence-corrected chi connectivity index (χ2v) is 8.23. The Morgan fingerprint density at radius 3 is 2.37 bits per heavy atom. The van der Waals surface area contributed by atoms with E-state index in [1.807, 2.05) is 4.83 Å². The number of hydrogen-bond donors (Lipinski definition) is 3. The highest BCUT2D eigenvalue weighted by Crippen LogP contribution is 2.18. The highest BCUT2D eigenvalue weighted by atomic mass is 79.9. The zero-order valence-electron chi connectivity index (χ0n) is 13.7. The zero-order valence-corrected chi connectivity index (χ0v) is 16.9. The van der Waals surface area contributed by atoms with Gasteiger partial charge in [0.1, 0.15) is 0 Å². The first-order valence-corrected chi connectivity index (χ1v) is 9.92. The molecule has 1 amide bonds. The molecule has 142 valence electrons. The third-order valence-corrected chi connectivity index (χ3v) is 5.30. The molecule has 27 heavy (non-hydrogen) atoms. The highest BCUT2D eigenvalue weighted by molar-refractivity contribution is 9.10. The Labute approximate surface area is 168 Å². The van der Waals surface area contributed by atoms with E-state index in [0.29, 0.717) is 5.56 Å². The van der Waals surface area contributed by atoms with E-state index in [0.717, 1.165) is 4.47 Å². The van der Waals surface area contributed by atoms with Crippen LogP contribution in [0.4, 0.5) is 5.69 Å². The van der Waals surface area contributed by atoms with Crippen LogP contribution in [-0.4, -0.2) is 24.4 Å². The van der Waals surface area contributed by atoms with Crippen molar-refractivity contribution < 1.29 is 18.1 Å². The number of carbonyl (C=O) groups is 1. The number of nitro benzene ring substituents is 1. The van der Waals surface area contributed by atoms with E-state index in [1.165, 1.54) is 37.3 Å². The first kappa shape index (κ1) is 20.9. The van der Waals surface area contributed by atoms with Crippen LogP contribution in [0.15, 0.2) is 51.8 Å². The predicted molar refractivity (Wildman–Crippen MR) is 105 cm³/mol. The summed E-state index contributed by atoms with van der Waals surface area (Å²) in [6.07, 6.45) is 0. The van der Waals surface area contributed by atoms with Crippen LogP contribution in [0.5, 0.6) is 0 Å². The predicted octanol–water partition coefficient (Wildman–Crippen LogP) is 2.16. The fourth-order valence-electron chi connectivity index (χ4n) is 1.99. The summed E-state index contributed by atoms with van der Waals surface area (Å²) in [5, 5.41) is 12.8. The van der Waals surface area contributed by atoms with Crippen molar-refractivity contribution in [3.8, 4) is 0 Å². The van der Waals surface area contributed by atoms with Gasteiger partial charge in [-0.1, -0.05) is 15.9 Å². The molecule has 0 saturated heterocycles. The van der Waals surface area contributed by atoms with E-state index >= 15 is 0 Å². The van der Waals surface area contributed by atoms with Crippen LogP contribution in [0, 0.1) is 17.0 Å². The maximum absolute atomic E-state index is 12.1. The number of nitrogens with zero attached hydrogens (tertiary/aromatic N) is 1. The van der Waals surface area contributed by atoms with Crippen molar-refractivity contribution in [2.45, 2.75) is 11.8 Å². The van der Waals surface area contributed by atoms with Crippen LogP contribution in [-0.2, 0) is 10.0 Å². The Hall–Kier alpha value is -2.41. The van der Waals surface area contributed by atoms with E-state index in [2.05, 4.69) is 26.7 Å². The summed E-state index contributed by atoms with van der Waals surface area (Å²) < 4.78 is 25.0. The van der Waals surface area contributed by atoms with Gasteiger partial charge < -0.3 is 0 Å². The van der Waals surface area contributed by atoms with E-state index in [4.69, 9.17) is 12.2 Å². The molecule has 12 heteroatoms. The standard InChI is InChI=1S/C15H13BrN4O5S2/c1-9-8-10(2-7-13(9)20(22)23)14(21)17-15(26)18-19-27(24,25)12-5-3-11(16)4-6-12/h2-8,19H,1H3,(H2,17,18,21,26). The Morgan fingerprint density at radius 1 is 1.19 bits per heavy atom. The fourth-order valence-corrected chi connectivity index (χ4v) is 3.32. The minimum Gasteiger partial charge on any atom is -0.298 e. The number of nitrogens with one attached hydrogen (secondary N) is 3. The molecule has 2 aromatic rings. The molecule has 0 aliphatic carbocycles. The van der Waals surface area contributed by atoms with E-state index in [9.17, 15) is 23.3 Å². The number of benzene rings is 2. The summed E-state index contributed by atoms with van der Waals surface area (Å²) >= 11 is 8.09. The number of nitro groups is 1. The molecular weight excluding hydrogens is 460 g/mol. The molecule has 9 nitrogen and oxygen atoms in total. The lowest BCUT2D eigenvalue weighted by atomic mass is 10.1. The maximum atomic E-state index is 12.1. The van der Waals surface area contributed by atoms with Crippen molar-refractivity contribution in [3.63, 3.8) is 0 Å². The first-order valence-electron chi connectivity index (χ1n) is 7.24. The molecule has 0 heterocycles. The summed E-state index contributed by atoms with van der Waals surface area (Å²) in [7, 11) is -3.89. The molecule has 2 aromatic carbocycles. The topological polar surface area (TPSA) is 130 Å². The van der Waals surface area contributed by atoms with Crippen molar-refractivity contribution in [3.05, 3.63) is 68.2 Å². The van der Waals surface area contributed by atoms with Crippen molar-refractivity contribution in [2.24, 2.45) is 0 Å². The largest absolute Gasteiger partial charge is 0.298 e. The average Bonchev–Trinajstić information content (AvgIpc) is 2.60. The molecule has 0 radical (unpaired) electrons. The average molecular weight is 473 g/mol. The van der Waals surface area contributed by atoms with Gasteiger partial charge in [-0.05, 0) is 55.5 Å². The molecule has 0 spiro atoms. The molecule has 0 fully saturated rings. The van der Waals surface area contributed by atoms with Crippen LogP contribution < -0.4 is 15.6 Å². The van der Waals surface area contributed by atoms with Gasteiger partial charge in [-0.2, -0.15) is 0 Å². The SMILES string of the molecule is Cc1cc(C(=O)NC(=S)NNS(=O)(=O)c2ccc(Br)cc2)ccc1[N+](=O)[O-]. The smallest absolute Gasteiger partial charge is 0.272 e. The number of hydrogen-bond acceptors (Lipinski definition) is 6. The van der Waals surface area contributed by atoms with Crippen LogP contribution >= 0.6 is 28.1 Å². The summed E-state index contributed by atoms with van der Waals surface area (Å²) in [4.78, 5) is 24.4. The number of sulfonamides is 1. The van der Waals surface area contributed by atoms with Crippen LogP contribution in [0.2, 0.25) is 0 Å². The Kier molecular flexibility index (Phi) is 6.59. The number of hydrazine groups is 1. The summed E-state index contributed by atoms with van der Waals surface area (Å²) in [5.74, 6) is -0.645. The second-order valence-electron chi connectivity index (χ2n) is 5.23. The second kappa shape index (κ2) is 8.52. The third kappa shape index (κ3) is 5.53. The van der Waals surface area contributed by atoms with Gasteiger partial charge in [-0.25, -0.2) is 8.42 Å². The summed E-state index contributed by atoms with van der Waals surface area (Å²) in [6, 6.07) is 9.70. The minimum atomic E-state index is -3.89. The van der Waals surface area contributed by atoms with Gasteiger partial charge in [0.05, 0.1) is 9.82 Å². The molecule has 0 saturated carbocycles. The van der Waals surface area contributed by atoms with Gasteiger partial charge in [0.2, 0.25) is 0 Å². The molecule has 3 N–H and O–H groups in total. The Morgan fingerprint density at radius 2 is 1.81 bits per heavy atom. The molecule has 0 atom stereocenters. The molecule has 2 rings (SSSR count). The van der Waals surface area contributed by atoms with Crippen LogP contribution in [0.3, 0.4) is 0 Å². The number of aryl methyl sites for hydroxylation is 1. The molecular formula is C15H13BrN4O5S2. The Balaban J connectivity index is 1.99. The fraction of sp³-hybridized carbons (Fsp3) is 0.0667. The van der Waals surface area contributed by atoms with Crippen molar-refractivity contribution in [2.75, 3.05) is 0 Å². The summed E-state index contributed by atoms with van der Waals surface area (Å²) in [5.41, 5.74) is 2.55.